The summed E-state index contributed by atoms with van der Waals surface area (Å²) in [5.41, 5.74) is 1.48. The Kier molecular flexibility index (Phi) is 6.15. The van der Waals surface area contributed by atoms with Gasteiger partial charge in [-0.25, -0.2) is 18.1 Å². The summed E-state index contributed by atoms with van der Waals surface area (Å²) < 4.78 is 28.7. The van der Waals surface area contributed by atoms with Crippen LogP contribution in [0.3, 0.4) is 0 Å². The van der Waals surface area contributed by atoms with E-state index in [4.69, 9.17) is 0 Å². The highest BCUT2D eigenvalue weighted by molar-refractivity contribution is 8.01. The van der Waals surface area contributed by atoms with Crippen LogP contribution in [0.4, 0.5) is 5.69 Å². The number of benzene rings is 2. The zero-order valence-corrected chi connectivity index (χ0v) is 17.2. The summed E-state index contributed by atoms with van der Waals surface area (Å²) in [4.78, 5) is 16.8. The lowest BCUT2D eigenvalue weighted by molar-refractivity contribution is -0.113. The van der Waals surface area contributed by atoms with Crippen LogP contribution in [0.2, 0.25) is 0 Å². The van der Waals surface area contributed by atoms with Gasteiger partial charge in [-0.05, 0) is 50.2 Å². The van der Waals surface area contributed by atoms with Gasteiger partial charge in [-0.3, -0.25) is 4.79 Å². The minimum absolute atomic E-state index is 0.165. The number of carbonyl (C=O) groups is 1. The summed E-state index contributed by atoms with van der Waals surface area (Å²) in [6.45, 7) is 3.52. The molecule has 6 nitrogen and oxygen atoms in total. The van der Waals surface area contributed by atoms with Gasteiger partial charge in [0.2, 0.25) is 15.9 Å². The number of nitrogens with zero attached hydrogens (tertiary/aromatic N) is 1. The maximum atomic E-state index is 12.1. The highest BCUT2D eigenvalue weighted by atomic mass is 32.2. The van der Waals surface area contributed by atoms with Gasteiger partial charge in [0, 0.05) is 11.7 Å². The number of sulfonamides is 1. The maximum absolute atomic E-state index is 12.1. The number of nitrogens with one attached hydrogen (secondary N) is 2. The third kappa shape index (κ3) is 5.29. The second-order valence-electron chi connectivity index (χ2n) is 6.08. The highest BCUT2D eigenvalue weighted by Crippen LogP contribution is 2.29. The number of anilines is 1. The molecular formula is C18H19N3O3S3. The molecule has 0 bridgehead atoms. The Morgan fingerprint density at radius 2 is 1.85 bits per heavy atom. The Morgan fingerprint density at radius 1 is 1.15 bits per heavy atom. The largest absolute Gasteiger partial charge is 0.325 e. The first-order valence-corrected chi connectivity index (χ1v) is 11.5. The van der Waals surface area contributed by atoms with Crippen LogP contribution >= 0.6 is 23.1 Å². The van der Waals surface area contributed by atoms with E-state index in [0.29, 0.717) is 5.69 Å². The fraction of sp³-hybridized carbons (Fsp3) is 0.222. The Labute approximate surface area is 166 Å². The molecule has 1 heterocycles. The number of fused-ring (bicyclic) bond motifs is 1. The van der Waals surface area contributed by atoms with E-state index in [9.17, 15) is 13.2 Å². The zero-order valence-electron chi connectivity index (χ0n) is 14.8. The molecule has 0 aliphatic heterocycles. The molecular weight excluding hydrogens is 402 g/mol. The molecule has 1 aromatic heterocycles. The van der Waals surface area contributed by atoms with Crippen LogP contribution in [0, 0.1) is 0 Å². The third-order valence-corrected chi connectivity index (χ3v) is 7.29. The van der Waals surface area contributed by atoms with Crippen molar-refractivity contribution in [2.24, 2.45) is 0 Å². The second-order valence-corrected chi connectivity index (χ2v) is 10.1. The molecule has 0 atom stereocenters. The Morgan fingerprint density at radius 3 is 2.52 bits per heavy atom. The lowest BCUT2D eigenvalue weighted by Crippen LogP contribution is -2.30. The third-order valence-electron chi connectivity index (χ3n) is 3.44. The number of thiazole rings is 1. The number of rotatable bonds is 7. The normalized spacial score (nSPS) is 11.8. The molecule has 0 saturated heterocycles. The molecule has 142 valence electrons. The van der Waals surface area contributed by atoms with Gasteiger partial charge in [0.25, 0.3) is 0 Å². The van der Waals surface area contributed by atoms with E-state index in [1.165, 1.54) is 23.9 Å². The van der Waals surface area contributed by atoms with Crippen LogP contribution in [0.25, 0.3) is 10.2 Å². The van der Waals surface area contributed by atoms with Crippen molar-refractivity contribution in [2.45, 2.75) is 29.1 Å². The molecule has 2 N–H and O–H groups in total. The molecule has 0 aliphatic rings. The summed E-state index contributed by atoms with van der Waals surface area (Å²) in [5.74, 6) is 0.0598. The number of hydrogen-bond donors (Lipinski definition) is 2. The van der Waals surface area contributed by atoms with Gasteiger partial charge < -0.3 is 5.32 Å². The fourth-order valence-corrected chi connectivity index (χ4v) is 5.45. The number of aromatic nitrogens is 1. The van der Waals surface area contributed by atoms with Gasteiger partial charge in [-0.1, -0.05) is 23.9 Å². The van der Waals surface area contributed by atoms with Crippen LogP contribution in [0.5, 0.6) is 0 Å². The lowest BCUT2D eigenvalue weighted by atomic mass is 10.3. The van der Waals surface area contributed by atoms with Gasteiger partial charge >= 0.3 is 0 Å². The van der Waals surface area contributed by atoms with Crippen molar-refractivity contribution >= 4 is 54.9 Å². The van der Waals surface area contributed by atoms with Gasteiger partial charge in [-0.15, -0.1) is 11.3 Å². The van der Waals surface area contributed by atoms with Crippen molar-refractivity contribution in [1.29, 1.82) is 0 Å². The average Bonchev–Trinajstić information content (AvgIpc) is 3.02. The van der Waals surface area contributed by atoms with E-state index in [1.54, 1.807) is 37.3 Å². The van der Waals surface area contributed by atoms with Crippen LogP contribution in [0.1, 0.15) is 13.8 Å². The molecule has 3 aromatic rings. The molecule has 0 fully saturated rings. The lowest BCUT2D eigenvalue weighted by Gasteiger charge is -2.10. The van der Waals surface area contributed by atoms with Crippen LogP contribution in [0.15, 0.2) is 57.8 Å². The molecule has 3 rings (SSSR count). The Bertz CT molecular complexity index is 1010. The summed E-state index contributed by atoms with van der Waals surface area (Å²) >= 11 is 2.93. The first-order chi connectivity index (χ1) is 12.8. The van der Waals surface area contributed by atoms with E-state index in [0.717, 1.165) is 14.6 Å². The highest BCUT2D eigenvalue weighted by Gasteiger charge is 2.15. The molecule has 9 heteroatoms. The minimum Gasteiger partial charge on any atom is -0.325 e. The molecule has 27 heavy (non-hydrogen) atoms. The minimum atomic E-state index is -3.54. The van der Waals surface area contributed by atoms with Crippen molar-refractivity contribution in [1.82, 2.24) is 9.71 Å². The van der Waals surface area contributed by atoms with Gasteiger partial charge in [0.15, 0.2) is 4.34 Å². The van der Waals surface area contributed by atoms with E-state index < -0.39 is 10.0 Å². The van der Waals surface area contributed by atoms with Crippen LogP contribution < -0.4 is 10.0 Å². The van der Waals surface area contributed by atoms with Gasteiger partial charge in [0.05, 0.1) is 20.9 Å². The van der Waals surface area contributed by atoms with E-state index in [2.05, 4.69) is 15.0 Å². The number of thioether (sulfide) groups is 1. The molecule has 0 unspecified atom stereocenters. The first-order valence-electron chi connectivity index (χ1n) is 8.24. The SMILES string of the molecule is CC(C)NS(=O)(=O)c1ccc(NC(=O)CSc2nc3ccccc3s2)cc1. The Hall–Kier alpha value is -1.94. The standard InChI is InChI=1S/C18H19N3O3S3/c1-12(2)21-27(23,24)14-9-7-13(8-10-14)19-17(22)11-25-18-20-15-5-3-4-6-16(15)26-18/h3-10,12,21H,11H2,1-2H3,(H,19,22). The molecule has 0 aliphatic carbocycles. The predicted molar refractivity (Wildman–Crippen MR) is 111 cm³/mol. The first kappa shape index (κ1) is 19.8. The summed E-state index contributed by atoms with van der Waals surface area (Å²) in [6.07, 6.45) is 0. The van der Waals surface area contributed by atoms with Crippen LogP contribution in [-0.4, -0.2) is 31.1 Å². The number of para-hydroxylation sites is 1. The molecule has 2 aromatic carbocycles. The number of carbonyl (C=O) groups excluding carboxylic acids is 1. The molecule has 0 spiro atoms. The Balaban J connectivity index is 1.57. The maximum Gasteiger partial charge on any atom is 0.240 e. The summed E-state index contributed by atoms with van der Waals surface area (Å²) in [6, 6.07) is 13.8. The smallest absolute Gasteiger partial charge is 0.240 e. The monoisotopic (exact) mass is 421 g/mol. The summed E-state index contributed by atoms with van der Waals surface area (Å²) in [7, 11) is -3.54. The summed E-state index contributed by atoms with van der Waals surface area (Å²) in [5, 5.41) is 2.77. The molecule has 0 radical (unpaired) electrons. The van der Waals surface area contributed by atoms with E-state index >= 15 is 0 Å². The second kappa shape index (κ2) is 8.39. The topological polar surface area (TPSA) is 88.2 Å². The molecule has 0 saturated carbocycles. The van der Waals surface area contributed by atoms with Crippen LogP contribution in [-0.2, 0) is 14.8 Å². The number of hydrogen-bond acceptors (Lipinski definition) is 6. The van der Waals surface area contributed by atoms with E-state index in [-0.39, 0.29) is 22.6 Å². The number of amides is 1. The van der Waals surface area contributed by atoms with Gasteiger partial charge in [-0.2, -0.15) is 0 Å². The quantitative estimate of drug-likeness (QED) is 0.568. The fourth-order valence-electron chi connectivity index (χ4n) is 2.33. The average molecular weight is 422 g/mol. The van der Waals surface area contributed by atoms with Crippen molar-refractivity contribution in [3.05, 3.63) is 48.5 Å². The van der Waals surface area contributed by atoms with Crippen molar-refractivity contribution in [2.75, 3.05) is 11.1 Å². The molecule has 1 amide bonds. The van der Waals surface area contributed by atoms with Crippen molar-refractivity contribution in [3.63, 3.8) is 0 Å². The van der Waals surface area contributed by atoms with Crippen molar-refractivity contribution < 1.29 is 13.2 Å². The van der Waals surface area contributed by atoms with Crippen molar-refractivity contribution in [3.8, 4) is 0 Å². The van der Waals surface area contributed by atoms with Gasteiger partial charge in [0.1, 0.15) is 0 Å². The zero-order chi connectivity index (χ0) is 19.4. The van der Waals surface area contributed by atoms with E-state index in [1.807, 2.05) is 24.3 Å². The predicted octanol–water partition coefficient (Wildman–Crippen LogP) is 3.71.